The number of methoxy groups -OCH3 is 1. The van der Waals surface area contributed by atoms with Gasteiger partial charge in [-0.25, -0.2) is 9.80 Å². The molecule has 0 aromatic heterocycles. The fourth-order valence-corrected chi connectivity index (χ4v) is 2.17. The predicted octanol–water partition coefficient (Wildman–Crippen LogP) is -1.00. The molecule has 2 rings (SSSR count). The first-order chi connectivity index (χ1) is 9.54. The van der Waals surface area contributed by atoms with Gasteiger partial charge in [-0.1, -0.05) is 0 Å². The Morgan fingerprint density at radius 2 is 2.15 bits per heavy atom. The van der Waals surface area contributed by atoms with Gasteiger partial charge in [0.05, 0.1) is 20.3 Å². The Balaban J connectivity index is 2.16. The van der Waals surface area contributed by atoms with E-state index in [0.717, 1.165) is 5.01 Å². The number of hydrogen-bond acceptors (Lipinski definition) is 6. The molecule has 2 amide bonds. The summed E-state index contributed by atoms with van der Waals surface area (Å²) in [5, 5.41) is 5.13. The quantitative estimate of drug-likeness (QED) is 0.606. The van der Waals surface area contributed by atoms with E-state index in [9.17, 15) is 14.4 Å². The highest BCUT2D eigenvalue weighted by Gasteiger charge is 2.36. The first kappa shape index (κ1) is 14.4. The average molecular weight is 283 g/mol. The highest BCUT2D eigenvalue weighted by atomic mass is 16.5. The van der Waals surface area contributed by atoms with E-state index in [0.29, 0.717) is 13.2 Å². The van der Waals surface area contributed by atoms with Gasteiger partial charge in [-0.05, 0) is 0 Å². The van der Waals surface area contributed by atoms with Crippen LogP contribution >= 0.6 is 0 Å². The number of carbonyl (C=O) groups is 3. The van der Waals surface area contributed by atoms with E-state index < -0.39 is 12.0 Å². The molecule has 1 saturated heterocycles. The molecule has 0 saturated carbocycles. The van der Waals surface area contributed by atoms with Crippen LogP contribution in [0.4, 0.5) is 0 Å². The summed E-state index contributed by atoms with van der Waals surface area (Å²) in [5.74, 6) is -0.991. The molecule has 0 bridgehead atoms. The molecule has 110 valence electrons. The van der Waals surface area contributed by atoms with E-state index in [1.54, 1.807) is 0 Å². The predicted molar refractivity (Wildman–Crippen MR) is 67.8 cm³/mol. The van der Waals surface area contributed by atoms with Crippen molar-refractivity contribution in [1.29, 1.82) is 0 Å². The maximum Gasteiger partial charge on any atom is 0.331 e. The van der Waals surface area contributed by atoms with Gasteiger partial charge in [0, 0.05) is 26.4 Å². The average Bonchev–Trinajstić information content (AvgIpc) is 2.48. The second-order valence-electron chi connectivity index (χ2n) is 4.58. The molecule has 1 fully saturated rings. The van der Waals surface area contributed by atoms with Crippen molar-refractivity contribution in [2.24, 2.45) is 5.10 Å². The number of amides is 2. The number of esters is 1. The Morgan fingerprint density at radius 3 is 2.80 bits per heavy atom. The van der Waals surface area contributed by atoms with Crippen LogP contribution in [0.15, 0.2) is 5.10 Å². The van der Waals surface area contributed by atoms with Crippen LogP contribution in [-0.4, -0.2) is 73.4 Å². The fraction of sp³-hybridized carbons (Fsp3) is 0.667. The second kappa shape index (κ2) is 6.00. The van der Waals surface area contributed by atoms with E-state index >= 15 is 0 Å². The van der Waals surface area contributed by atoms with Gasteiger partial charge in [-0.15, -0.1) is 0 Å². The van der Waals surface area contributed by atoms with Crippen molar-refractivity contribution in [3.8, 4) is 0 Å². The van der Waals surface area contributed by atoms with Crippen LogP contribution in [0.2, 0.25) is 0 Å². The summed E-state index contributed by atoms with van der Waals surface area (Å²) in [6.07, 6.45) is 0.529. The lowest BCUT2D eigenvalue weighted by atomic mass is 10.1. The summed E-state index contributed by atoms with van der Waals surface area (Å²) in [4.78, 5) is 36.9. The van der Waals surface area contributed by atoms with Crippen molar-refractivity contribution in [3.05, 3.63) is 0 Å². The van der Waals surface area contributed by atoms with Gasteiger partial charge in [-0.2, -0.15) is 5.10 Å². The molecule has 2 aliphatic rings. The minimum atomic E-state index is -0.758. The van der Waals surface area contributed by atoms with Crippen LogP contribution in [0.5, 0.6) is 0 Å². The van der Waals surface area contributed by atoms with E-state index in [4.69, 9.17) is 4.74 Å². The highest BCUT2D eigenvalue weighted by Crippen LogP contribution is 2.14. The third-order valence-corrected chi connectivity index (χ3v) is 3.32. The van der Waals surface area contributed by atoms with Crippen molar-refractivity contribution in [1.82, 2.24) is 9.91 Å². The van der Waals surface area contributed by atoms with Gasteiger partial charge in [0.15, 0.2) is 6.04 Å². The number of ether oxygens (including phenoxy) is 2. The lowest BCUT2D eigenvalue weighted by Crippen LogP contribution is -2.55. The van der Waals surface area contributed by atoms with Gasteiger partial charge in [0.2, 0.25) is 5.91 Å². The maximum absolute atomic E-state index is 12.4. The van der Waals surface area contributed by atoms with E-state index in [1.807, 2.05) is 0 Å². The van der Waals surface area contributed by atoms with Crippen molar-refractivity contribution < 1.29 is 23.9 Å². The monoisotopic (exact) mass is 283 g/mol. The summed E-state index contributed by atoms with van der Waals surface area (Å²) in [6.45, 7) is 0.775. The van der Waals surface area contributed by atoms with E-state index in [2.05, 4.69) is 9.84 Å². The van der Waals surface area contributed by atoms with Crippen molar-refractivity contribution in [3.63, 3.8) is 0 Å². The van der Waals surface area contributed by atoms with E-state index in [1.165, 1.54) is 19.1 Å². The van der Waals surface area contributed by atoms with Crippen molar-refractivity contribution in [2.45, 2.75) is 18.9 Å². The molecule has 0 aromatic rings. The number of morpholine rings is 1. The smallest absolute Gasteiger partial charge is 0.331 e. The highest BCUT2D eigenvalue weighted by molar-refractivity contribution is 6.39. The Labute approximate surface area is 116 Å². The Bertz CT molecular complexity index is 462. The fourth-order valence-electron chi connectivity index (χ4n) is 2.17. The lowest BCUT2D eigenvalue weighted by molar-refractivity contribution is -0.158. The Kier molecular flexibility index (Phi) is 4.33. The number of nitrogens with zero attached hydrogens (tertiary/aromatic N) is 3. The first-order valence-corrected chi connectivity index (χ1v) is 6.35. The largest absolute Gasteiger partial charge is 0.467 e. The van der Waals surface area contributed by atoms with Gasteiger partial charge < -0.3 is 14.4 Å². The van der Waals surface area contributed by atoms with Gasteiger partial charge >= 0.3 is 5.97 Å². The molecular formula is C12H17N3O5. The third-order valence-electron chi connectivity index (χ3n) is 3.32. The van der Waals surface area contributed by atoms with Crippen LogP contribution in [0.3, 0.4) is 0 Å². The number of rotatable bonds is 2. The van der Waals surface area contributed by atoms with Crippen LogP contribution in [0.25, 0.3) is 0 Å². The molecule has 8 nitrogen and oxygen atoms in total. The molecule has 0 radical (unpaired) electrons. The number of carbonyl (C=O) groups excluding carboxylic acids is 3. The topological polar surface area (TPSA) is 88.5 Å². The number of hydrazone groups is 1. The SMILES string of the molecule is COC(=O)C1COCCN1C(=O)C1=NN(C)C(=O)CC1. The normalized spacial score (nSPS) is 23.4. The molecule has 20 heavy (non-hydrogen) atoms. The van der Waals surface area contributed by atoms with E-state index in [-0.39, 0.29) is 37.0 Å². The van der Waals surface area contributed by atoms with Gasteiger partial charge in [0.1, 0.15) is 5.71 Å². The molecule has 0 N–H and O–H groups in total. The Hall–Kier alpha value is -1.96. The molecule has 2 aliphatic heterocycles. The number of hydrogen-bond donors (Lipinski definition) is 0. The molecule has 0 aliphatic carbocycles. The first-order valence-electron chi connectivity index (χ1n) is 6.35. The zero-order chi connectivity index (χ0) is 14.7. The standard InChI is InChI=1S/C12H17N3O5/c1-14-10(16)4-3-8(13-14)11(17)15-5-6-20-7-9(15)12(18)19-2/h9H,3-7H2,1-2H3. The van der Waals surface area contributed by atoms with Crippen LogP contribution in [0.1, 0.15) is 12.8 Å². The summed E-state index contributed by atoms with van der Waals surface area (Å²) >= 11 is 0. The molecule has 8 heteroatoms. The third kappa shape index (κ3) is 2.79. The Morgan fingerprint density at radius 1 is 1.40 bits per heavy atom. The van der Waals surface area contributed by atoms with Gasteiger partial charge in [0.25, 0.3) is 5.91 Å². The molecule has 1 unspecified atom stereocenters. The zero-order valence-electron chi connectivity index (χ0n) is 11.5. The molecular weight excluding hydrogens is 266 g/mol. The second-order valence-corrected chi connectivity index (χ2v) is 4.58. The van der Waals surface area contributed by atoms with Crippen molar-refractivity contribution in [2.75, 3.05) is 33.9 Å². The van der Waals surface area contributed by atoms with Crippen LogP contribution in [-0.2, 0) is 23.9 Å². The van der Waals surface area contributed by atoms with Gasteiger partial charge in [-0.3, -0.25) is 9.59 Å². The van der Waals surface area contributed by atoms with Crippen LogP contribution < -0.4 is 0 Å². The summed E-state index contributed by atoms with van der Waals surface area (Å²) in [5.41, 5.74) is 0.280. The summed E-state index contributed by atoms with van der Waals surface area (Å²) in [7, 11) is 2.77. The maximum atomic E-state index is 12.4. The lowest BCUT2D eigenvalue weighted by Gasteiger charge is -2.34. The molecule has 0 spiro atoms. The van der Waals surface area contributed by atoms with Crippen molar-refractivity contribution >= 4 is 23.5 Å². The molecule has 0 aromatic carbocycles. The minimum Gasteiger partial charge on any atom is -0.467 e. The zero-order valence-corrected chi connectivity index (χ0v) is 11.5. The minimum absolute atomic E-state index is 0.112. The molecule has 1 atom stereocenters. The van der Waals surface area contributed by atoms with Crippen LogP contribution in [0, 0.1) is 0 Å². The molecule has 2 heterocycles. The summed E-state index contributed by atoms with van der Waals surface area (Å²) < 4.78 is 9.89. The summed E-state index contributed by atoms with van der Waals surface area (Å²) in [6, 6.07) is -0.758.